The maximum absolute atomic E-state index is 12.0. The summed E-state index contributed by atoms with van der Waals surface area (Å²) in [4.78, 5) is 27.5. The van der Waals surface area contributed by atoms with E-state index in [1.54, 1.807) is 4.90 Å². The lowest BCUT2D eigenvalue weighted by Gasteiger charge is -2.20. The third kappa shape index (κ3) is 5.67. The Balaban J connectivity index is 0.00000361. The zero-order valence-corrected chi connectivity index (χ0v) is 13.7. The van der Waals surface area contributed by atoms with Crippen molar-refractivity contribution in [1.29, 1.82) is 0 Å². The predicted octanol–water partition coefficient (Wildman–Crippen LogP) is 1.12. The molecule has 0 aromatic heterocycles. The standard InChI is InChI=1S/C14H27N3O2.ClH/c1-4-16(5-2)13(18)6-7-14(19)17-9-8-12(11-17)10-15-3;/h12,15H,4-11H2,1-3H3;1H. The number of halogens is 1. The number of amides is 2. The average molecular weight is 306 g/mol. The molecule has 1 aliphatic rings. The van der Waals surface area contributed by atoms with Crippen molar-refractivity contribution in [2.24, 2.45) is 5.92 Å². The van der Waals surface area contributed by atoms with Crippen LogP contribution in [0.4, 0.5) is 0 Å². The zero-order chi connectivity index (χ0) is 14.3. The molecule has 0 aromatic carbocycles. The summed E-state index contributed by atoms with van der Waals surface area (Å²) < 4.78 is 0. The summed E-state index contributed by atoms with van der Waals surface area (Å²) in [6.07, 6.45) is 1.76. The van der Waals surface area contributed by atoms with Gasteiger partial charge in [-0.25, -0.2) is 0 Å². The van der Waals surface area contributed by atoms with Crippen LogP contribution in [0.2, 0.25) is 0 Å². The number of hydrogen-bond acceptors (Lipinski definition) is 3. The molecule has 20 heavy (non-hydrogen) atoms. The van der Waals surface area contributed by atoms with E-state index in [4.69, 9.17) is 0 Å². The van der Waals surface area contributed by atoms with Gasteiger partial charge in [-0.2, -0.15) is 0 Å². The predicted molar refractivity (Wildman–Crippen MR) is 83.0 cm³/mol. The first-order chi connectivity index (χ1) is 9.12. The lowest BCUT2D eigenvalue weighted by Crippen LogP contribution is -2.33. The van der Waals surface area contributed by atoms with Crippen LogP contribution in [0.15, 0.2) is 0 Å². The van der Waals surface area contributed by atoms with Gasteiger partial charge in [0.05, 0.1) is 0 Å². The molecule has 1 aliphatic heterocycles. The Kier molecular flexibility index (Phi) is 9.59. The van der Waals surface area contributed by atoms with Crippen LogP contribution in [0, 0.1) is 5.92 Å². The molecule has 2 amide bonds. The van der Waals surface area contributed by atoms with Gasteiger partial charge in [0, 0.05) is 39.0 Å². The number of carbonyl (C=O) groups is 2. The molecule has 1 saturated heterocycles. The lowest BCUT2D eigenvalue weighted by atomic mass is 10.1. The maximum Gasteiger partial charge on any atom is 0.223 e. The quantitative estimate of drug-likeness (QED) is 0.767. The molecular weight excluding hydrogens is 278 g/mol. The van der Waals surface area contributed by atoms with E-state index >= 15 is 0 Å². The fourth-order valence-electron chi connectivity index (χ4n) is 2.62. The first-order valence-electron chi connectivity index (χ1n) is 7.32. The second-order valence-electron chi connectivity index (χ2n) is 5.12. The van der Waals surface area contributed by atoms with Gasteiger partial charge in [-0.05, 0) is 39.8 Å². The molecule has 0 bridgehead atoms. The van der Waals surface area contributed by atoms with E-state index in [-0.39, 0.29) is 24.2 Å². The van der Waals surface area contributed by atoms with Gasteiger partial charge in [0.25, 0.3) is 0 Å². The summed E-state index contributed by atoms with van der Waals surface area (Å²) in [5.41, 5.74) is 0. The van der Waals surface area contributed by atoms with E-state index in [2.05, 4.69) is 5.32 Å². The number of likely N-dealkylation sites (tertiary alicyclic amines) is 1. The fourth-order valence-corrected chi connectivity index (χ4v) is 2.62. The summed E-state index contributed by atoms with van der Waals surface area (Å²) in [6, 6.07) is 0. The van der Waals surface area contributed by atoms with E-state index in [1.807, 2.05) is 25.8 Å². The zero-order valence-electron chi connectivity index (χ0n) is 12.9. The molecule has 5 nitrogen and oxygen atoms in total. The molecule has 1 heterocycles. The van der Waals surface area contributed by atoms with E-state index < -0.39 is 0 Å². The van der Waals surface area contributed by atoms with Crippen LogP contribution in [-0.4, -0.2) is 61.4 Å². The van der Waals surface area contributed by atoms with Crippen molar-refractivity contribution in [2.45, 2.75) is 33.1 Å². The van der Waals surface area contributed by atoms with Crippen molar-refractivity contribution in [2.75, 3.05) is 39.8 Å². The van der Waals surface area contributed by atoms with Gasteiger partial charge >= 0.3 is 0 Å². The lowest BCUT2D eigenvalue weighted by molar-refractivity contribution is -0.136. The fraction of sp³-hybridized carbons (Fsp3) is 0.857. The minimum atomic E-state index is 0. The molecule has 1 atom stereocenters. The SMILES string of the molecule is CCN(CC)C(=O)CCC(=O)N1CCC(CNC)C1.Cl. The largest absolute Gasteiger partial charge is 0.343 e. The molecule has 1 fully saturated rings. The minimum Gasteiger partial charge on any atom is -0.343 e. The monoisotopic (exact) mass is 305 g/mol. The van der Waals surface area contributed by atoms with Crippen LogP contribution in [0.3, 0.4) is 0 Å². The van der Waals surface area contributed by atoms with Crippen molar-refractivity contribution < 1.29 is 9.59 Å². The van der Waals surface area contributed by atoms with Gasteiger partial charge in [0.15, 0.2) is 0 Å². The molecule has 0 spiro atoms. The number of nitrogens with zero attached hydrogens (tertiary/aromatic N) is 2. The van der Waals surface area contributed by atoms with Crippen molar-refractivity contribution in [1.82, 2.24) is 15.1 Å². The summed E-state index contributed by atoms with van der Waals surface area (Å²) in [7, 11) is 1.94. The highest BCUT2D eigenvalue weighted by Gasteiger charge is 2.25. The van der Waals surface area contributed by atoms with Gasteiger partial charge < -0.3 is 15.1 Å². The summed E-state index contributed by atoms with van der Waals surface area (Å²) in [5, 5.41) is 3.15. The Hall–Kier alpha value is -0.810. The highest BCUT2D eigenvalue weighted by atomic mass is 35.5. The molecule has 1 unspecified atom stereocenters. The first kappa shape index (κ1) is 19.2. The Morgan fingerprint density at radius 2 is 1.90 bits per heavy atom. The van der Waals surface area contributed by atoms with Crippen molar-refractivity contribution in [3.8, 4) is 0 Å². The second kappa shape index (κ2) is 10.00. The van der Waals surface area contributed by atoms with Crippen LogP contribution in [-0.2, 0) is 9.59 Å². The Morgan fingerprint density at radius 1 is 1.25 bits per heavy atom. The number of carbonyl (C=O) groups excluding carboxylic acids is 2. The minimum absolute atomic E-state index is 0. The number of hydrogen-bond donors (Lipinski definition) is 1. The molecular formula is C14H28ClN3O2. The smallest absolute Gasteiger partial charge is 0.223 e. The summed E-state index contributed by atoms with van der Waals surface area (Å²) in [5.74, 6) is 0.774. The average Bonchev–Trinajstić information content (AvgIpc) is 2.86. The Morgan fingerprint density at radius 3 is 2.45 bits per heavy atom. The Labute approximate surface area is 128 Å². The topological polar surface area (TPSA) is 52.7 Å². The molecule has 0 aliphatic carbocycles. The van der Waals surface area contributed by atoms with Gasteiger partial charge in [0.1, 0.15) is 0 Å². The van der Waals surface area contributed by atoms with Gasteiger partial charge in [0.2, 0.25) is 11.8 Å². The van der Waals surface area contributed by atoms with E-state index in [1.165, 1.54) is 0 Å². The third-order valence-corrected chi connectivity index (χ3v) is 3.80. The van der Waals surface area contributed by atoms with Crippen molar-refractivity contribution >= 4 is 24.2 Å². The van der Waals surface area contributed by atoms with Gasteiger partial charge in [-0.15, -0.1) is 12.4 Å². The number of nitrogens with one attached hydrogen (secondary N) is 1. The number of rotatable bonds is 7. The van der Waals surface area contributed by atoms with Crippen LogP contribution in [0.5, 0.6) is 0 Å². The second-order valence-corrected chi connectivity index (χ2v) is 5.12. The van der Waals surface area contributed by atoms with E-state index in [0.717, 1.165) is 39.1 Å². The highest BCUT2D eigenvalue weighted by molar-refractivity contribution is 5.85. The molecule has 0 radical (unpaired) electrons. The third-order valence-electron chi connectivity index (χ3n) is 3.80. The molecule has 0 saturated carbocycles. The maximum atomic E-state index is 12.0. The molecule has 1 N–H and O–H groups in total. The van der Waals surface area contributed by atoms with Crippen LogP contribution in [0.25, 0.3) is 0 Å². The van der Waals surface area contributed by atoms with Crippen LogP contribution < -0.4 is 5.32 Å². The molecule has 118 valence electrons. The van der Waals surface area contributed by atoms with E-state index in [9.17, 15) is 9.59 Å². The van der Waals surface area contributed by atoms with Crippen molar-refractivity contribution in [3.63, 3.8) is 0 Å². The van der Waals surface area contributed by atoms with Crippen molar-refractivity contribution in [3.05, 3.63) is 0 Å². The summed E-state index contributed by atoms with van der Waals surface area (Å²) in [6.45, 7) is 8.00. The Bertz CT molecular complexity index is 309. The van der Waals surface area contributed by atoms with Gasteiger partial charge in [-0.3, -0.25) is 9.59 Å². The van der Waals surface area contributed by atoms with E-state index in [0.29, 0.717) is 18.8 Å². The van der Waals surface area contributed by atoms with Crippen LogP contribution in [0.1, 0.15) is 33.1 Å². The summed E-state index contributed by atoms with van der Waals surface area (Å²) >= 11 is 0. The van der Waals surface area contributed by atoms with Gasteiger partial charge in [-0.1, -0.05) is 0 Å². The highest BCUT2D eigenvalue weighted by Crippen LogP contribution is 2.16. The van der Waals surface area contributed by atoms with Crippen LogP contribution >= 0.6 is 12.4 Å². The first-order valence-corrected chi connectivity index (χ1v) is 7.32. The normalized spacial score (nSPS) is 17.8. The molecule has 1 rings (SSSR count). The molecule has 0 aromatic rings. The molecule has 6 heteroatoms.